The van der Waals surface area contributed by atoms with Crippen molar-refractivity contribution in [3.05, 3.63) is 73.1 Å². The number of allylic oxidation sites excluding steroid dienone is 11. The van der Waals surface area contributed by atoms with Gasteiger partial charge in [0.2, 0.25) is 0 Å². The van der Waals surface area contributed by atoms with Crippen LogP contribution in [0.5, 0.6) is 0 Å². The summed E-state index contributed by atoms with van der Waals surface area (Å²) in [6, 6.07) is 0. The summed E-state index contributed by atoms with van der Waals surface area (Å²) in [6.45, 7) is 4.56. The second-order valence-corrected chi connectivity index (χ2v) is 16.9. The van der Waals surface area contributed by atoms with E-state index < -0.39 is 19.9 Å². The molecule has 0 heterocycles. The number of carbonyl (C=O) groups is 2. The molecule has 322 valence electrons. The van der Waals surface area contributed by atoms with Gasteiger partial charge in [0.1, 0.15) is 19.8 Å². The number of nitrogens with zero attached hydrogens (tertiary/aromatic N) is 1. The van der Waals surface area contributed by atoms with Crippen molar-refractivity contribution in [2.24, 2.45) is 0 Å². The lowest BCUT2D eigenvalue weighted by atomic mass is 10.1. The first kappa shape index (κ1) is 53.5. The van der Waals surface area contributed by atoms with Crippen LogP contribution in [0.1, 0.15) is 155 Å². The maximum Gasteiger partial charge on any atom is 0.472 e. The Labute approximate surface area is 342 Å². The highest BCUT2D eigenvalue weighted by molar-refractivity contribution is 7.47. The van der Waals surface area contributed by atoms with Gasteiger partial charge < -0.3 is 18.9 Å². The molecule has 0 aliphatic rings. The van der Waals surface area contributed by atoms with Crippen LogP contribution in [0.4, 0.5) is 0 Å². The van der Waals surface area contributed by atoms with E-state index in [1.54, 1.807) is 12.3 Å². The maximum atomic E-state index is 12.5. The number of ketones is 1. The van der Waals surface area contributed by atoms with Gasteiger partial charge in [-0.15, -0.1) is 0 Å². The van der Waals surface area contributed by atoms with Crippen molar-refractivity contribution >= 4 is 19.6 Å². The Balaban J connectivity index is 4.52. The van der Waals surface area contributed by atoms with E-state index in [-0.39, 0.29) is 38.4 Å². The van der Waals surface area contributed by atoms with Gasteiger partial charge in [-0.1, -0.05) is 126 Å². The molecule has 0 rings (SSSR count). The van der Waals surface area contributed by atoms with Crippen molar-refractivity contribution in [2.45, 2.75) is 161 Å². The summed E-state index contributed by atoms with van der Waals surface area (Å²) >= 11 is 0. The Bertz CT molecular complexity index is 1180. The highest BCUT2D eigenvalue weighted by atomic mass is 31.2. The number of carbonyl (C=O) groups excluding carboxylic acids is 2. The number of hydrogen-bond donors (Lipinski definition) is 1. The zero-order valence-electron chi connectivity index (χ0n) is 36.1. The molecule has 0 saturated heterocycles. The van der Waals surface area contributed by atoms with Gasteiger partial charge >= 0.3 is 13.8 Å². The molecule has 2 atom stereocenters. The van der Waals surface area contributed by atoms with E-state index in [1.807, 2.05) is 39.4 Å². The third-order valence-electron chi connectivity index (χ3n) is 8.81. The van der Waals surface area contributed by atoms with Gasteiger partial charge in [-0.05, 0) is 82.8 Å². The Morgan fingerprint density at radius 1 is 0.625 bits per heavy atom. The molecular weight excluding hydrogens is 725 g/mol. The van der Waals surface area contributed by atoms with E-state index in [4.69, 9.17) is 18.5 Å². The van der Waals surface area contributed by atoms with Crippen LogP contribution in [0.25, 0.3) is 0 Å². The molecule has 0 bridgehead atoms. The van der Waals surface area contributed by atoms with Crippen LogP contribution in [0.15, 0.2) is 73.1 Å². The molecule has 0 spiro atoms. The molecule has 56 heavy (non-hydrogen) atoms. The molecule has 10 heteroatoms. The molecular formula is C46H81NO8P+. The van der Waals surface area contributed by atoms with Crippen molar-refractivity contribution in [3.8, 4) is 0 Å². The molecule has 0 aromatic carbocycles. The molecule has 0 radical (unpaired) electrons. The van der Waals surface area contributed by atoms with Gasteiger partial charge in [-0.2, -0.15) is 0 Å². The van der Waals surface area contributed by atoms with Crippen molar-refractivity contribution in [1.82, 2.24) is 0 Å². The SMILES string of the molecule is CCCCC/C=C\C/C=C\C/C=C\C=C\C(=O)CCCC(=O)OC[C@H](COP(=O)(O)OCC[N+](C)(C)C)O/C=C/CCCCCCCC/C=C\CCCCCC. The number of phosphoric acid groups is 1. The Morgan fingerprint density at radius 2 is 1.16 bits per heavy atom. The first-order valence-corrected chi connectivity index (χ1v) is 23.2. The monoisotopic (exact) mass is 807 g/mol. The number of hydrogen-bond acceptors (Lipinski definition) is 7. The van der Waals surface area contributed by atoms with Crippen LogP contribution in [-0.4, -0.2) is 74.7 Å². The van der Waals surface area contributed by atoms with Crippen LogP contribution in [-0.2, 0) is 32.7 Å². The zero-order chi connectivity index (χ0) is 41.4. The van der Waals surface area contributed by atoms with Gasteiger partial charge in [0.05, 0.1) is 34.0 Å². The minimum atomic E-state index is -4.33. The zero-order valence-corrected chi connectivity index (χ0v) is 37.0. The highest BCUT2D eigenvalue weighted by Gasteiger charge is 2.25. The second kappa shape index (κ2) is 38.0. The average molecular weight is 807 g/mol. The standard InChI is InChI=1S/C46H80NO8P/c1-6-8-10-12-14-16-18-20-21-22-24-26-28-30-32-34-40-52-45(43-55-56(50,51)54-41-39-47(3,4)5)42-53-46(49)38-35-37-44(48)36-33-31-29-27-25-23-19-17-15-13-11-9-7-2/h15-18,23,25,29,31,33-34,36,40,45H,6-14,19-22,24,26-28,30,32,35,37-39,41-43H2,1-5H3/p+1/b17-15-,18-16-,25-23-,31-29-,36-33+,40-34+/t45-/m1/s1. The molecule has 1 N–H and O–H groups in total. The lowest BCUT2D eigenvalue weighted by molar-refractivity contribution is -0.870. The van der Waals surface area contributed by atoms with Crippen molar-refractivity contribution in [1.29, 1.82) is 0 Å². The molecule has 0 fully saturated rings. The molecule has 0 aliphatic carbocycles. The average Bonchev–Trinajstić information content (AvgIpc) is 3.14. The quantitative estimate of drug-likeness (QED) is 0.00956. The van der Waals surface area contributed by atoms with Gasteiger partial charge in [-0.25, -0.2) is 4.57 Å². The first-order valence-electron chi connectivity index (χ1n) is 21.7. The number of unbranched alkanes of at least 4 members (excludes halogenated alkanes) is 14. The fourth-order valence-corrected chi connectivity index (χ4v) is 6.05. The fourth-order valence-electron chi connectivity index (χ4n) is 5.31. The molecule has 0 aliphatic heterocycles. The molecule has 1 unspecified atom stereocenters. The number of rotatable bonds is 39. The highest BCUT2D eigenvalue weighted by Crippen LogP contribution is 2.43. The van der Waals surface area contributed by atoms with Crippen LogP contribution < -0.4 is 0 Å². The molecule has 0 aromatic heterocycles. The van der Waals surface area contributed by atoms with Crippen molar-refractivity contribution in [2.75, 3.05) is 47.5 Å². The smallest absolute Gasteiger partial charge is 0.472 e. The number of ether oxygens (including phenoxy) is 2. The normalized spacial score (nSPS) is 14.3. The van der Waals surface area contributed by atoms with E-state index in [0.717, 1.165) is 38.5 Å². The van der Waals surface area contributed by atoms with Crippen LogP contribution in [0, 0.1) is 0 Å². The van der Waals surface area contributed by atoms with E-state index in [2.05, 4.69) is 50.3 Å². The van der Waals surface area contributed by atoms with Gasteiger partial charge in [-0.3, -0.25) is 18.6 Å². The lowest BCUT2D eigenvalue weighted by Gasteiger charge is -2.24. The molecule has 0 saturated carbocycles. The van der Waals surface area contributed by atoms with Crippen LogP contribution in [0.2, 0.25) is 0 Å². The maximum absolute atomic E-state index is 12.5. The summed E-state index contributed by atoms with van der Waals surface area (Å²) in [6.07, 6.45) is 46.1. The minimum Gasteiger partial charge on any atom is -0.492 e. The fraction of sp³-hybridized carbons (Fsp3) is 0.696. The summed E-state index contributed by atoms with van der Waals surface area (Å²) in [5, 5.41) is 0. The third kappa shape index (κ3) is 41.1. The molecule has 0 aromatic rings. The third-order valence-corrected chi connectivity index (χ3v) is 9.79. The largest absolute Gasteiger partial charge is 0.492 e. The molecule has 0 amide bonds. The lowest BCUT2D eigenvalue weighted by Crippen LogP contribution is -2.37. The summed E-state index contributed by atoms with van der Waals surface area (Å²) in [5.74, 6) is -0.544. The van der Waals surface area contributed by atoms with Crippen LogP contribution >= 0.6 is 7.82 Å². The second-order valence-electron chi connectivity index (χ2n) is 15.5. The van der Waals surface area contributed by atoms with E-state index in [1.165, 1.54) is 89.5 Å². The summed E-state index contributed by atoms with van der Waals surface area (Å²) in [7, 11) is 1.53. The van der Waals surface area contributed by atoms with Crippen molar-refractivity contribution in [3.63, 3.8) is 0 Å². The van der Waals surface area contributed by atoms with Crippen molar-refractivity contribution < 1.29 is 42.1 Å². The first-order chi connectivity index (χ1) is 27.0. The molecule has 9 nitrogen and oxygen atoms in total. The summed E-state index contributed by atoms with van der Waals surface area (Å²) < 4.78 is 34.5. The Morgan fingerprint density at radius 3 is 1.80 bits per heavy atom. The van der Waals surface area contributed by atoms with Gasteiger partial charge in [0, 0.05) is 12.8 Å². The Kier molecular flexibility index (Phi) is 36.3. The summed E-state index contributed by atoms with van der Waals surface area (Å²) in [5.41, 5.74) is 0. The predicted octanol–water partition coefficient (Wildman–Crippen LogP) is 12.2. The van der Waals surface area contributed by atoms with E-state index >= 15 is 0 Å². The number of likely N-dealkylation sites (N-methyl/N-ethyl adjacent to an activating group) is 1. The summed E-state index contributed by atoms with van der Waals surface area (Å²) in [4.78, 5) is 34.9. The number of phosphoric ester groups is 1. The van der Waals surface area contributed by atoms with E-state index in [9.17, 15) is 19.0 Å². The van der Waals surface area contributed by atoms with E-state index in [0.29, 0.717) is 17.4 Å². The van der Waals surface area contributed by atoms with Gasteiger partial charge in [0.25, 0.3) is 0 Å². The van der Waals surface area contributed by atoms with Gasteiger partial charge in [0.15, 0.2) is 11.9 Å². The number of esters is 1. The predicted molar refractivity (Wildman–Crippen MR) is 233 cm³/mol. The van der Waals surface area contributed by atoms with Crippen LogP contribution in [0.3, 0.4) is 0 Å². The topological polar surface area (TPSA) is 108 Å². The Hall–Kier alpha value is -2.55. The minimum absolute atomic E-state index is 0.0484. The number of quaternary nitrogens is 1.